The summed E-state index contributed by atoms with van der Waals surface area (Å²) in [7, 11) is 0. The van der Waals surface area contributed by atoms with Gasteiger partial charge in [0.2, 0.25) is 5.91 Å². The van der Waals surface area contributed by atoms with Gasteiger partial charge in [0, 0.05) is 6.42 Å². The van der Waals surface area contributed by atoms with Gasteiger partial charge in [-0.2, -0.15) is 0 Å². The van der Waals surface area contributed by atoms with Crippen LogP contribution in [0, 0.1) is 0 Å². The summed E-state index contributed by atoms with van der Waals surface area (Å²) in [6.45, 7) is 3.70. The molecule has 7 unspecified atom stereocenters. The molecular formula is C70H127NO8. The molecule has 0 aromatic carbocycles. The summed E-state index contributed by atoms with van der Waals surface area (Å²) in [5.74, 6) is -0.175. The van der Waals surface area contributed by atoms with Crippen molar-refractivity contribution in [3.8, 4) is 0 Å². The van der Waals surface area contributed by atoms with Gasteiger partial charge in [0.15, 0.2) is 6.29 Å². The second-order valence-electron chi connectivity index (χ2n) is 23.2. The van der Waals surface area contributed by atoms with E-state index in [1.165, 1.54) is 218 Å². The number of amides is 1. The Balaban J connectivity index is 2.15. The Bertz CT molecular complexity index is 1470. The van der Waals surface area contributed by atoms with Crippen LogP contribution in [0.15, 0.2) is 72.9 Å². The van der Waals surface area contributed by atoms with Crippen LogP contribution >= 0.6 is 0 Å². The van der Waals surface area contributed by atoms with E-state index in [4.69, 9.17) is 9.47 Å². The van der Waals surface area contributed by atoms with E-state index in [9.17, 15) is 30.3 Å². The number of aliphatic hydroxyl groups is 5. The Morgan fingerprint density at radius 2 is 0.785 bits per heavy atom. The summed E-state index contributed by atoms with van der Waals surface area (Å²) in [4.78, 5) is 13.1. The SMILES string of the molecule is CC/C=C\C/C=C\C/C=C\C/C=C\C/C=C\CCCCCCCCCCCCCCCCCC(=O)NC(COC1OC(CO)C(O)C(O)C1O)C(O)/C=C/CCCCCCCCCCCCCCCCCCCCCCCCC. The molecule has 1 aliphatic rings. The van der Waals surface area contributed by atoms with Crippen molar-refractivity contribution in [1.29, 1.82) is 0 Å². The predicted octanol–water partition coefficient (Wildman–Crippen LogP) is 18.0. The van der Waals surface area contributed by atoms with Crippen LogP contribution in [0.25, 0.3) is 0 Å². The van der Waals surface area contributed by atoms with Gasteiger partial charge in [0.1, 0.15) is 24.4 Å². The lowest BCUT2D eigenvalue weighted by Crippen LogP contribution is -2.60. The molecule has 1 aliphatic heterocycles. The molecule has 7 atom stereocenters. The molecule has 6 N–H and O–H groups in total. The molecule has 79 heavy (non-hydrogen) atoms. The van der Waals surface area contributed by atoms with Crippen LogP contribution in [0.4, 0.5) is 0 Å². The van der Waals surface area contributed by atoms with Gasteiger partial charge < -0.3 is 40.3 Å². The quantitative estimate of drug-likeness (QED) is 0.0261. The maximum atomic E-state index is 13.1. The van der Waals surface area contributed by atoms with Gasteiger partial charge in [0.05, 0.1) is 25.4 Å². The van der Waals surface area contributed by atoms with Crippen LogP contribution < -0.4 is 5.32 Å². The lowest BCUT2D eigenvalue weighted by molar-refractivity contribution is -0.302. The van der Waals surface area contributed by atoms with Crippen LogP contribution in [0.1, 0.15) is 309 Å². The van der Waals surface area contributed by atoms with E-state index in [0.29, 0.717) is 6.42 Å². The maximum absolute atomic E-state index is 13.1. The summed E-state index contributed by atoms with van der Waals surface area (Å²) < 4.78 is 11.3. The highest BCUT2D eigenvalue weighted by Gasteiger charge is 2.44. The van der Waals surface area contributed by atoms with Gasteiger partial charge in [-0.25, -0.2) is 0 Å². The summed E-state index contributed by atoms with van der Waals surface area (Å²) in [6.07, 6.45) is 75.6. The molecule has 1 amide bonds. The third-order valence-electron chi connectivity index (χ3n) is 15.8. The first-order chi connectivity index (χ1) is 38.8. The fourth-order valence-electron chi connectivity index (χ4n) is 10.5. The Morgan fingerprint density at radius 3 is 1.16 bits per heavy atom. The van der Waals surface area contributed by atoms with Gasteiger partial charge in [0.25, 0.3) is 0 Å². The minimum Gasteiger partial charge on any atom is -0.394 e. The lowest BCUT2D eigenvalue weighted by Gasteiger charge is -2.40. The Labute approximate surface area is 487 Å². The zero-order valence-electron chi connectivity index (χ0n) is 51.4. The maximum Gasteiger partial charge on any atom is 0.220 e. The smallest absolute Gasteiger partial charge is 0.220 e. The fourth-order valence-corrected chi connectivity index (χ4v) is 10.5. The van der Waals surface area contributed by atoms with Crippen LogP contribution in [-0.4, -0.2) is 87.5 Å². The number of aliphatic hydroxyl groups excluding tert-OH is 5. The van der Waals surface area contributed by atoms with Gasteiger partial charge in [-0.3, -0.25) is 4.79 Å². The standard InChI is InChI=1S/C70H127NO8/c1-3-5-7-9-11-13-15-17-19-21-23-25-27-29-30-31-32-33-34-36-38-40-42-44-46-48-50-52-54-56-58-60-66(74)71-63(62-78-70-69(77)68(76)67(75)65(61-72)79-70)64(73)59-57-55-53-51-49-47-45-43-41-39-37-35-28-26-24-22-20-18-16-14-12-10-8-6-4-2/h5,7,11,13,17,19,23,25,29-30,57,59,63-65,67-70,72-73,75-77H,3-4,6,8-10,12,14-16,18,20-22,24,26-28,31-56,58,60-62H2,1-2H3,(H,71,74)/b7-5-,13-11-,19-17-,25-23-,30-29-,59-57+. The molecule has 0 saturated carbocycles. The number of nitrogens with one attached hydrogen (secondary N) is 1. The first-order valence-corrected chi connectivity index (χ1v) is 33.7. The number of carbonyl (C=O) groups is 1. The largest absolute Gasteiger partial charge is 0.394 e. The zero-order chi connectivity index (χ0) is 57.2. The molecule has 9 nitrogen and oxygen atoms in total. The van der Waals surface area contributed by atoms with Crippen molar-refractivity contribution >= 4 is 5.91 Å². The van der Waals surface area contributed by atoms with E-state index < -0.39 is 49.5 Å². The van der Waals surface area contributed by atoms with E-state index in [-0.39, 0.29) is 12.5 Å². The van der Waals surface area contributed by atoms with Gasteiger partial charge in [-0.15, -0.1) is 0 Å². The summed E-state index contributed by atoms with van der Waals surface area (Å²) in [5, 5.41) is 54.7. The number of hydrogen-bond donors (Lipinski definition) is 6. The minimum atomic E-state index is -1.57. The normalized spacial score (nSPS) is 19.0. The second-order valence-corrected chi connectivity index (χ2v) is 23.2. The number of ether oxygens (including phenoxy) is 2. The monoisotopic (exact) mass is 1110 g/mol. The summed E-state index contributed by atoms with van der Waals surface area (Å²) in [6, 6.07) is -0.809. The van der Waals surface area contributed by atoms with E-state index in [1.54, 1.807) is 6.08 Å². The van der Waals surface area contributed by atoms with E-state index in [0.717, 1.165) is 70.6 Å². The molecule has 1 heterocycles. The molecule has 1 fully saturated rings. The number of rotatable bonds is 58. The van der Waals surface area contributed by atoms with Crippen molar-refractivity contribution in [1.82, 2.24) is 5.32 Å². The highest BCUT2D eigenvalue weighted by molar-refractivity contribution is 5.76. The highest BCUT2D eigenvalue weighted by Crippen LogP contribution is 2.23. The molecule has 1 saturated heterocycles. The molecule has 0 radical (unpaired) electrons. The molecule has 460 valence electrons. The molecule has 9 heteroatoms. The number of carbonyl (C=O) groups excluding carboxylic acids is 1. The third-order valence-corrected chi connectivity index (χ3v) is 15.8. The average Bonchev–Trinajstić information content (AvgIpc) is 3.47. The Hall–Kier alpha value is -2.37. The average molecular weight is 1110 g/mol. The van der Waals surface area contributed by atoms with E-state index in [1.807, 2.05) is 6.08 Å². The molecule has 0 spiro atoms. The molecule has 1 rings (SSSR count). The molecule has 0 aromatic heterocycles. The summed E-state index contributed by atoms with van der Waals surface area (Å²) in [5.41, 5.74) is 0. The zero-order valence-corrected chi connectivity index (χ0v) is 51.4. The Morgan fingerprint density at radius 1 is 0.443 bits per heavy atom. The van der Waals surface area contributed by atoms with Crippen LogP contribution in [0.3, 0.4) is 0 Å². The first kappa shape index (κ1) is 74.6. The van der Waals surface area contributed by atoms with Crippen molar-refractivity contribution in [2.45, 2.75) is 352 Å². The number of hydrogen-bond acceptors (Lipinski definition) is 8. The van der Waals surface area contributed by atoms with Crippen LogP contribution in [0.2, 0.25) is 0 Å². The fraction of sp³-hybridized carbons (Fsp3) is 0.814. The van der Waals surface area contributed by atoms with Crippen molar-refractivity contribution in [3.05, 3.63) is 72.9 Å². The molecular weight excluding hydrogens is 983 g/mol. The van der Waals surface area contributed by atoms with Crippen molar-refractivity contribution in [2.24, 2.45) is 0 Å². The lowest BCUT2D eigenvalue weighted by atomic mass is 9.99. The molecule has 0 bridgehead atoms. The number of allylic oxidation sites excluding steroid dienone is 11. The summed E-state index contributed by atoms with van der Waals surface area (Å²) >= 11 is 0. The van der Waals surface area contributed by atoms with Gasteiger partial charge in [-0.1, -0.05) is 311 Å². The second kappa shape index (κ2) is 58.8. The number of unbranched alkanes of at least 4 members (excludes halogenated alkanes) is 38. The first-order valence-electron chi connectivity index (χ1n) is 33.7. The molecule has 0 aromatic rings. The molecule has 0 aliphatic carbocycles. The van der Waals surface area contributed by atoms with Gasteiger partial charge in [-0.05, 0) is 64.2 Å². The van der Waals surface area contributed by atoms with E-state index in [2.05, 4.69) is 79.9 Å². The van der Waals surface area contributed by atoms with E-state index >= 15 is 0 Å². The van der Waals surface area contributed by atoms with Gasteiger partial charge >= 0.3 is 0 Å². The van der Waals surface area contributed by atoms with Crippen LogP contribution in [0.5, 0.6) is 0 Å². The van der Waals surface area contributed by atoms with Crippen molar-refractivity contribution < 1.29 is 39.8 Å². The van der Waals surface area contributed by atoms with Crippen molar-refractivity contribution in [3.63, 3.8) is 0 Å². The third kappa shape index (κ3) is 47.8. The predicted molar refractivity (Wildman–Crippen MR) is 336 cm³/mol. The minimum absolute atomic E-state index is 0.175. The van der Waals surface area contributed by atoms with Crippen LogP contribution in [-0.2, 0) is 14.3 Å². The van der Waals surface area contributed by atoms with Crippen molar-refractivity contribution in [2.75, 3.05) is 13.2 Å². The highest BCUT2D eigenvalue weighted by atomic mass is 16.7. The topological polar surface area (TPSA) is 149 Å². The Kier molecular flexibility index (Phi) is 55.6.